The van der Waals surface area contributed by atoms with Crippen LogP contribution in [0, 0.1) is 13.8 Å². The van der Waals surface area contributed by atoms with Gasteiger partial charge < -0.3 is 9.84 Å². The molecule has 0 amide bonds. The number of nitrogens with zero attached hydrogens (tertiary/aromatic N) is 1. The van der Waals surface area contributed by atoms with Gasteiger partial charge in [0.25, 0.3) is 0 Å². The highest BCUT2D eigenvalue weighted by atomic mass is 35.5. The van der Waals surface area contributed by atoms with E-state index in [1.54, 1.807) is 13.8 Å². The van der Waals surface area contributed by atoms with Crippen molar-refractivity contribution in [2.24, 2.45) is 0 Å². The molecule has 2 aromatic rings. The second kappa shape index (κ2) is 5.36. The Hall–Kier alpha value is -1.69. The topological polar surface area (TPSA) is 38.1 Å². The van der Waals surface area contributed by atoms with Gasteiger partial charge in [0.15, 0.2) is 0 Å². The fraction of sp³-hybridized carbons (Fsp3) is 0.308. The van der Waals surface area contributed by atoms with Crippen molar-refractivity contribution >= 4 is 17.3 Å². The quantitative estimate of drug-likeness (QED) is 0.902. The highest BCUT2D eigenvalue weighted by molar-refractivity contribution is 6.30. The monoisotopic (exact) mass is 304 g/mol. The van der Waals surface area contributed by atoms with Crippen LogP contribution in [0.25, 0.3) is 0 Å². The molecule has 1 heterocycles. The molecule has 0 fully saturated rings. The highest BCUT2D eigenvalue weighted by Gasteiger charge is 2.31. The molecule has 0 bridgehead atoms. The van der Waals surface area contributed by atoms with Crippen molar-refractivity contribution in [2.75, 3.05) is 5.32 Å². The third-order valence-corrected chi connectivity index (χ3v) is 3.09. The molecule has 1 N–H and O–H groups in total. The molecule has 0 aliphatic carbocycles. The molecule has 108 valence electrons. The summed E-state index contributed by atoms with van der Waals surface area (Å²) in [5, 5.41) is 6.71. The standard InChI is InChI=1S/C13H12ClF3N2O/c1-7-12(8(2)20-19-7)6-18-11-4-9(13(15,16)17)3-10(14)5-11/h3-5,18H,6H2,1-2H3. The van der Waals surface area contributed by atoms with Crippen LogP contribution in [0.3, 0.4) is 0 Å². The Balaban J connectivity index is 2.20. The zero-order valence-electron chi connectivity index (χ0n) is 10.8. The lowest BCUT2D eigenvalue weighted by Gasteiger charge is -2.11. The molecule has 0 saturated carbocycles. The van der Waals surface area contributed by atoms with E-state index in [1.165, 1.54) is 6.07 Å². The number of nitrogens with one attached hydrogen (secondary N) is 1. The lowest BCUT2D eigenvalue weighted by Crippen LogP contribution is -2.07. The first-order valence-electron chi connectivity index (χ1n) is 5.81. The first kappa shape index (κ1) is 14.7. The summed E-state index contributed by atoms with van der Waals surface area (Å²) >= 11 is 5.71. The summed E-state index contributed by atoms with van der Waals surface area (Å²) in [6.07, 6.45) is -4.43. The number of benzene rings is 1. The number of alkyl halides is 3. The van der Waals surface area contributed by atoms with Gasteiger partial charge in [0.2, 0.25) is 0 Å². The molecular formula is C13H12ClF3N2O. The summed E-state index contributed by atoms with van der Waals surface area (Å²) in [7, 11) is 0. The smallest absolute Gasteiger partial charge is 0.381 e. The number of halogens is 4. The minimum atomic E-state index is -4.43. The van der Waals surface area contributed by atoms with Gasteiger partial charge in [-0.2, -0.15) is 13.2 Å². The summed E-state index contributed by atoms with van der Waals surface area (Å²) in [4.78, 5) is 0. The van der Waals surface area contributed by atoms with Gasteiger partial charge >= 0.3 is 6.18 Å². The van der Waals surface area contributed by atoms with Gasteiger partial charge in [-0.05, 0) is 32.0 Å². The van der Waals surface area contributed by atoms with Crippen LogP contribution in [0.4, 0.5) is 18.9 Å². The predicted molar refractivity (Wildman–Crippen MR) is 69.8 cm³/mol. The maximum Gasteiger partial charge on any atom is 0.416 e. The summed E-state index contributed by atoms with van der Waals surface area (Å²) in [5.74, 6) is 0.632. The molecule has 0 unspecified atom stereocenters. The van der Waals surface area contributed by atoms with Crippen LogP contribution >= 0.6 is 11.6 Å². The summed E-state index contributed by atoms with van der Waals surface area (Å²) in [6.45, 7) is 3.83. The second-order valence-corrected chi connectivity index (χ2v) is 4.82. The van der Waals surface area contributed by atoms with Gasteiger partial charge in [-0.25, -0.2) is 0 Å². The molecule has 1 aromatic carbocycles. The number of hydrogen-bond donors (Lipinski definition) is 1. The van der Waals surface area contributed by atoms with Crippen molar-refractivity contribution in [1.29, 1.82) is 0 Å². The van der Waals surface area contributed by atoms with E-state index in [4.69, 9.17) is 16.1 Å². The third-order valence-electron chi connectivity index (χ3n) is 2.88. The normalized spacial score (nSPS) is 11.7. The number of hydrogen-bond acceptors (Lipinski definition) is 3. The summed E-state index contributed by atoms with van der Waals surface area (Å²) in [6, 6.07) is 3.35. The molecule has 0 aliphatic heterocycles. The number of aryl methyl sites for hydroxylation is 2. The Bertz CT molecular complexity index is 603. The van der Waals surface area contributed by atoms with Crippen molar-refractivity contribution in [3.63, 3.8) is 0 Å². The van der Waals surface area contributed by atoms with Crippen molar-refractivity contribution in [2.45, 2.75) is 26.6 Å². The molecule has 0 spiro atoms. The Labute approximate surface area is 118 Å². The predicted octanol–water partition coefficient (Wildman–Crippen LogP) is 4.58. The Morgan fingerprint density at radius 1 is 1.25 bits per heavy atom. The molecular weight excluding hydrogens is 293 g/mol. The minimum absolute atomic E-state index is 0.0288. The molecule has 20 heavy (non-hydrogen) atoms. The van der Waals surface area contributed by atoms with E-state index in [2.05, 4.69) is 10.5 Å². The van der Waals surface area contributed by atoms with Gasteiger partial charge in [-0.3, -0.25) is 0 Å². The zero-order chi connectivity index (χ0) is 14.9. The van der Waals surface area contributed by atoms with Crippen LogP contribution < -0.4 is 5.32 Å². The highest BCUT2D eigenvalue weighted by Crippen LogP contribution is 2.33. The van der Waals surface area contributed by atoms with Crippen LogP contribution in [0.5, 0.6) is 0 Å². The maximum absolute atomic E-state index is 12.7. The Morgan fingerprint density at radius 3 is 2.50 bits per heavy atom. The number of anilines is 1. The number of rotatable bonds is 3. The molecule has 0 aliphatic rings. The van der Waals surface area contributed by atoms with Crippen LogP contribution in [0.2, 0.25) is 5.02 Å². The molecule has 7 heteroatoms. The van der Waals surface area contributed by atoms with Crippen molar-refractivity contribution < 1.29 is 17.7 Å². The molecule has 0 atom stereocenters. The van der Waals surface area contributed by atoms with Crippen molar-refractivity contribution in [3.05, 3.63) is 45.8 Å². The summed E-state index contributed by atoms with van der Waals surface area (Å²) in [5.41, 5.74) is 1.03. The molecule has 0 saturated heterocycles. The van der Waals surface area contributed by atoms with E-state index >= 15 is 0 Å². The van der Waals surface area contributed by atoms with E-state index in [-0.39, 0.29) is 5.02 Å². The van der Waals surface area contributed by atoms with Crippen LogP contribution in [0.1, 0.15) is 22.6 Å². The average Bonchev–Trinajstić information content (AvgIpc) is 2.65. The second-order valence-electron chi connectivity index (χ2n) is 4.38. The Kier molecular flexibility index (Phi) is 3.94. The third kappa shape index (κ3) is 3.25. The first-order chi connectivity index (χ1) is 9.27. The van der Waals surface area contributed by atoms with E-state index < -0.39 is 11.7 Å². The fourth-order valence-electron chi connectivity index (χ4n) is 1.80. The van der Waals surface area contributed by atoms with Gasteiger partial charge in [0, 0.05) is 22.8 Å². The van der Waals surface area contributed by atoms with E-state index in [9.17, 15) is 13.2 Å². The van der Waals surface area contributed by atoms with Gasteiger partial charge in [0.1, 0.15) is 5.76 Å². The SMILES string of the molecule is Cc1noc(C)c1CNc1cc(Cl)cc(C(F)(F)F)c1. The fourth-order valence-corrected chi connectivity index (χ4v) is 2.04. The van der Waals surface area contributed by atoms with Crippen LogP contribution in [0.15, 0.2) is 22.7 Å². The minimum Gasteiger partial charge on any atom is -0.381 e. The maximum atomic E-state index is 12.7. The number of aromatic nitrogens is 1. The summed E-state index contributed by atoms with van der Waals surface area (Å²) < 4.78 is 43.0. The first-order valence-corrected chi connectivity index (χ1v) is 6.18. The largest absolute Gasteiger partial charge is 0.416 e. The van der Waals surface area contributed by atoms with E-state index in [1.807, 2.05) is 0 Å². The van der Waals surface area contributed by atoms with E-state index in [0.29, 0.717) is 23.7 Å². The zero-order valence-corrected chi connectivity index (χ0v) is 11.6. The molecule has 1 aromatic heterocycles. The van der Waals surface area contributed by atoms with Gasteiger partial charge in [0.05, 0.1) is 11.3 Å². The molecule has 2 rings (SSSR count). The molecule has 3 nitrogen and oxygen atoms in total. The van der Waals surface area contributed by atoms with Crippen LogP contribution in [-0.2, 0) is 12.7 Å². The van der Waals surface area contributed by atoms with Gasteiger partial charge in [-0.1, -0.05) is 16.8 Å². The average molecular weight is 305 g/mol. The lowest BCUT2D eigenvalue weighted by molar-refractivity contribution is -0.137. The van der Waals surface area contributed by atoms with E-state index in [0.717, 1.165) is 17.7 Å². The van der Waals surface area contributed by atoms with Crippen molar-refractivity contribution in [1.82, 2.24) is 5.16 Å². The van der Waals surface area contributed by atoms with Crippen LogP contribution in [-0.4, -0.2) is 5.16 Å². The van der Waals surface area contributed by atoms with Crippen molar-refractivity contribution in [3.8, 4) is 0 Å². The lowest BCUT2D eigenvalue weighted by atomic mass is 10.1. The van der Waals surface area contributed by atoms with Gasteiger partial charge in [-0.15, -0.1) is 0 Å². The molecule has 0 radical (unpaired) electrons. The Morgan fingerprint density at radius 2 is 1.95 bits per heavy atom.